The standard InChI is InChI=1S/C23H27N5O2/c1-27(2)17-8-10-18(11-9-17)28-15-20(16-6-4-3-5-7-16)22(26-28)25-21-14-24-13-12-19(21)23(29)30/h3-7,12-15,17-18H,8-11H2,1-2H3,(H,25,26)(H,29,30)/t17-,18+. The maximum absolute atomic E-state index is 11.6. The van der Waals surface area contributed by atoms with Crippen molar-refractivity contribution in [3.63, 3.8) is 0 Å². The lowest BCUT2D eigenvalue weighted by Gasteiger charge is -2.32. The molecular weight excluding hydrogens is 378 g/mol. The third-order valence-corrected chi connectivity index (χ3v) is 5.89. The largest absolute Gasteiger partial charge is 0.478 e. The first kappa shape index (κ1) is 20.1. The second kappa shape index (κ2) is 8.67. The lowest BCUT2D eigenvalue weighted by Crippen LogP contribution is -2.32. The van der Waals surface area contributed by atoms with Crippen molar-refractivity contribution in [2.75, 3.05) is 19.4 Å². The molecule has 1 aromatic carbocycles. The van der Waals surface area contributed by atoms with E-state index >= 15 is 0 Å². The van der Waals surface area contributed by atoms with E-state index < -0.39 is 5.97 Å². The summed E-state index contributed by atoms with van der Waals surface area (Å²) >= 11 is 0. The van der Waals surface area contributed by atoms with E-state index in [1.807, 2.05) is 35.0 Å². The molecule has 1 aliphatic carbocycles. The van der Waals surface area contributed by atoms with Crippen molar-refractivity contribution in [1.82, 2.24) is 19.7 Å². The minimum absolute atomic E-state index is 0.171. The van der Waals surface area contributed by atoms with Gasteiger partial charge in [0.05, 0.1) is 23.5 Å². The number of carbonyl (C=O) groups is 1. The monoisotopic (exact) mass is 405 g/mol. The summed E-state index contributed by atoms with van der Waals surface area (Å²) in [6, 6.07) is 12.5. The zero-order valence-corrected chi connectivity index (χ0v) is 17.3. The van der Waals surface area contributed by atoms with Crippen molar-refractivity contribution in [1.29, 1.82) is 0 Å². The fourth-order valence-electron chi connectivity index (χ4n) is 4.15. The van der Waals surface area contributed by atoms with Crippen molar-refractivity contribution >= 4 is 17.5 Å². The van der Waals surface area contributed by atoms with Crippen LogP contribution in [0, 0.1) is 0 Å². The number of aromatic carboxylic acids is 1. The van der Waals surface area contributed by atoms with Crippen molar-refractivity contribution < 1.29 is 9.90 Å². The van der Waals surface area contributed by atoms with Crippen LogP contribution in [0.3, 0.4) is 0 Å². The number of benzene rings is 1. The van der Waals surface area contributed by atoms with Crippen molar-refractivity contribution in [3.8, 4) is 11.1 Å². The fraction of sp³-hybridized carbons (Fsp3) is 0.348. The minimum atomic E-state index is -0.998. The Bertz CT molecular complexity index is 1010. The summed E-state index contributed by atoms with van der Waals surface area (Å²) in [5.74, 6) is -0.353. The van der Waals surface area contributed by atoms with Crippen molar-refractivity contribution in [2.24, 2.45) is 0 Å². The van der Waals surface area contributed by atoms with E-state index in [-0.39, 0.29) is 5.56 Å². The van der Waals surface area contributed by atoms with E-state index in [4.69, 9.17) is 5.10 Å². The smallest absolute Gasteiger partial charge is 0.337 e. The molecule has 2 heterocycles. The van der Waals surface area contributed by atoms with Gasteiger partial charge in [0.25, 0.3) is 0 Å². The fourth-order valence-corrected chi connectivity index (χ4v) is 4.15. The summed E-state index contributed by atoms with van der Waals surface area (Å²) in [7, 11) is 4.28. The molecule has 2 aromatic heterocycles. The highest BCUT2D eigenvalue weighted by molar-refractivity contribution is 5.95. The number of carboxylic acid groups (broad SMARTS) is 1. The van der Waals surface area contributed by atoms with Gasteiger partial charge in [-0.1, -0.05) is 30.3 Å². The van der Waals surface area contributed by atoms with Crippen LogP contribution in [0.25, 0.3) is 11.1 Å². The van der Waals surface area contributed by atoms with E-state index in [1.54, 1.807) is 0 Å². The summed E-state index contributed by atoms with van der Waals surface area (Å²) in [5.41, 5.74) is 2.59. The van der Waals surface area contributed by atoms with E-state index in [0.717, 1.165) is 36.8 Å². The quantitative estimate of drug-likeness (QED) is 0.631. The summed E-state index contributed by atoms with van der Waals surface area (Å²) in [6.07, 6.45) is 9.53. The summed E-state index contributed by atoms with van der Waals surface area (Å²) in [5, 5.41) is 17.6. The molecule has 0 aliphatic heterocycles. The molecule has 4 rings (SSSR count). The molecule has 0 unspecified atom stereocenters. The van der Waals surface area contributed by atoms with Crippen molar-refractivity contribution in [2.45, 2.75) is 37.8 Å². The van der Waals surface area contributed by atoms with Gasteiger partial charge in [-0.25, -0.2) is 4.79 Å². The predicted molar refractivity (Wildman–Crippen MR) is 117 cm³/mol. The highest BCUT2D eigenvalue weighted by Crippen LogP contribution is 2.35. The van der Waals surface area contributed by atoms with E-state index in [1.165, 1.54) is 18.5 Å². The second-order valence-corrected chi connectivity index (χ2v) is 8.01. The van der Waals surface area contributed by atoms with Gasteiger partial charge >= 0.3 is 5.97 Å². The van der Waals surface area contributed by atoms with Gasteiger partial charge < -0.3 is 15.3 Å². The molecule has 2 N–H and O–H groups in total. The SMILES string of the molecule is CN(C)[C@H]1CC[C@@H](n2cc(-c3ccccc3)c(Nc3cnccc3C(=O)O)n2)CC1. The molecule has 0 saturated heterocycles. The Kier molecular flexibility index (Phi) is 5.81. The lowest BCUT2D eigenvalue weighted by molar-refractivity contribution is 0.0698. The van der Waals surface area contributed by atoms with Crippen LogP contribution >= 0.6 is 0 Å². The molecule has 1 saturated carbocycles. The van der Waals surface area contributed by atoms with Crippen LogP contribution in [0.15, 0.2) is 55.0 Å². The molecule has 7 heteroatoms. The lowest BCUT2D eigenvalue weighted by atomic mass is 9.90. The van der Waals surface area contributed by atoms with Crippen LogP contribution in [0.4, 0.5) is 11.5 Å². The molecular formula is C23H27N5O2. The first-order valence-electron chi connectivity index (χ1n) is 10.3. The number of hydrogen-bond acceptors (Lipinski definition) is 5. The average Bonchev–Trinajstić information content (AvgIpc) is 3.18. The Balaban J connectivity index is 1.67. The van der Waals surface area contributed by atoms with E-state index in [9.17, 15) is 9.90 Å². The van der Waals surface area contributed by atoms with Crippen molar-refractivity contribution in [3.05, 3.63) is 60.6 Å². The third-order valence-electron chi connectivity index (χ3n) is 5.89. The van der Waals surface area contributed by atoms with Gasteiger partial charge in [0.1, 0.15) is 0 Å². The van der Waals surface area contributed by atoms with Crippen LogP contribution in [0.1, 0.15) is 42.1 Å². The third kappa shape index (κ3) is 4.21. The molecule has 0 radical (unpaired) electrons. The normalized spacial score (nSPS) is 19.0. The Labute approximate surface area is 176 Å². The van der Waals surface area contributed by atoms with Gasteiger partial charge in [-0.2, -0.15) is 5.10 Å². The van der Waals surface area contributed by atoms with Gasteiger partial charge in [-0.3, -0.25) is 9.67 Å². The van der Waals surface area contributed by atoms with Crippen LogP contribution in [0.5, 0.6) is 0 Å². The van der Waals surface area contributed by atoms with Gasteiger partial charge in [-0.15, -0.1) is 0 Å². The molecule has 0 spiro atoms. The number of rotatable bonds is 6. The zero-order valence-electron chi connectivity index (χ0n) is 17.3. The Morgan fingerprint density at radius 2 is 1.87 bits per heavy atom. The van der Waals surface area contributed by atoms with E-state index in [2.05, 4.69) is 35.5 Å². The topological polar surface area (TPSA) is 83.3 Å². The molecule has 3 aromatic rings. The number of pyridine rings is 1. The van der Waals surface area contributed by atoms with Gasteiger partial charge in [-0.05, 0) is 51.4 Å². The summed E-state index contributed by atoms with van der Waals surface area (Å²) < 4.78 is 2.05. The number of hydrogen-bond donors (Lipinski definition) is 2. The maximum atomic E-state index is 11.6. The number of carboxylic acids is 1. The van der Waals surface area contributed by atoms with E-state index in [0.29, 0.717) is 23.6 Å². The number of nitrogens with zero attached hydrogens (tertiary/aromatic N) is 4. The molecule has 1 aliphatic rings. The molecule has 0 amide bonds. The predicted octanol–water partition coefficient (Wildman–Crippen LogP) is 4.43. The Morgan fingerprint density at radius 1 is 1.13 bits per heavy atom. The molecule has 30 heavy (non-hydrogen) atoms. The molecule has 1 fully saturated rings. The highest BCUT2D eigenvalue weighted by atomic mass is 16.4. The maximum Gasteiger partial charge on any atom is 0.337 e. The summed E-state index contributed by atoms with van der Waals surface area (Å²) in [4.78, 5) is 18.0. The minimum Gasteiger partial charge on any atom is -0.478 e. The van der Waals surface area contributed by atoms with Crippen LogP contribution < -0.4 is 5.32 Å². The molecule has 156 valence electrons. The first-order valence-corrected chi connectivity index (χ1v) is 10.3. The van der Waals surface area contributed by atoms with Crippen LogP contribution in [-0.2, 0) is 0 Å². The number of aromatic nitrogens is 3. The Morgan fingerprint density at radius 3 is 2.53 bits per heavy atom. The Hall–Kier alpha value is -3.19. The first-order chi connectivity index (χ1) is 14.5. The molecule has 0 bridgehead atoms. The van der Waals surface area contributed by atoms with Gasteiger partial charge in [0.2, 0.25) is 0 Å². The zero-order chi connectivity index (χ0) is 21.1. The van der Waals surface area contributed by atoms with Gasteiger partial charge in [0.15, 0.2) is 5.82 Å². The van der Waals surface area contributed by atoms with Gasteiger partial charge in [0, 0.05) is 24.0 Å². The second-order valence-electron chi connectivity index (χ2n) is 8.01. The van der Waals surface area contributed by atoms with Crippen LogP contribution in [0.2, 0.25) is 0 Å². The number of nitrogens with one attached hydrogen (secondary N) is 1. The van der Waals surface area contributed by atoms with Crippen LogP contribution in [-0.4, -0.2) is 50.9 Å². The number of anilines is 2. The molecule has 7 nitrogen and oxygen atoms in total. The highest BCUT2D eigenvalue weighted by Gasteiger charge is 2.25. The molecule has 0 atom stereocenters. The summed E-state index contributed by atoms with van der Waals surface area (Å²) in [6.45, 7) is 0. The average molecular weight is 406 g/mol.